The molecule has 3 aliphatic heterocycles. The van der Waals surface area contributed by atoms with E-state index in [0.717, 1.165) is 24.8 Å². The summed E-state index contributed by atoms with van der Waals surface area (Å²) in [6.07, 6.45) is 3.74. The van der Waals surface area contributed by atoms with Crippen LogP contribution >= 0.6 is 0 Å². The van der Waals surface area contributed by atoms with Gasteiger partial charge < -0.3 is 24.8 Å². The Morgan fingerprint density at radius 2 is 1.97 bits per heavy atom. The Morgan fingerprint density at radius 3 is 2.61 bits per heavy atom. The van der Waals surface area contributed by atoms with Gasteiger partial charge in [0.1, 0.15) is 17.6 Å². The zero-order valence-electron chi connectivity index (χ0n) is 21.9. The van der Waals surface area contributed by atoms with Gasteiger partial charge >= 0.3 is 5.97 Å². The predicted octanol–water partition coefficient (Wildman–Crippen LogP) is 2.47. The number of aliphatic hydroxyl groups is 1. The lowest BCUT2D eigenvalue weighted by Crippen LogP contribution is -2.58. The first-order valence-electron chi connectivity index (χ1n) is 13.4. The molecule has 1 aromatic rings. The third-order valence-electron chi connectivity index (χ3n) is 8.54. The molecule has 0 aliphatic carbocycles. The van der Waals surface area contributed by atoms with E-state index in [9.17, 15) is 19.5 Å². The van der Waals surface area contributed by atoms with Gasteiger partial charge in [0.05, 0.1) is 30.8 Å². The maximum absolute atomic E-state index is 14.2. The topological polar surface area (TPSA) is 105 Å². The number of ether oxygens (including phenoxy) is 2. The van der Waals surface area contributed by atoms with Crippen LogP contribution in [0.1, 0.15) is 58.9 Å². The molecule has 3 unspecified atom stereocenters. The Balaban J connectivity index is 1.74. The number of nitrogens with one attached hydrogen (secondary N) is 1. The van der Waals surface area contributed by atoms with Gasteiger partial charge in [-0.05, 0) is 44.6 Å². The lowest BCUT2D eigenvalue weighted by molar-refractivity contribution is -0.162. The number of carbonyl (C=O) groups is 3. The van der Waals surface area contributed by atoms with Crippen molar-refractivity contribution in [1.82, 2.24) is 10.2 Å². The molecule has 8 heteroatoms. The van der Waals surface area contributed by atoms with E-state index in [2.05, 4.69) is 12.2 Å². The van der Waals surface area contributed by atoms with E-state index in [1.807, 2.05) is 44.2 Å². The van der Waals surface area contributed by atoms with E-state index in [-0.39, 0.29) is 30.9 Å². The number of esters is 1. The average molecular weight is 501 g/mol. The summed E-state index contributed by atoms with van der Waals surface area (Å²) in [4.78, 5) is 42.7. The Morgan fingerprint density at radius 1 is 1.25 bits per heavy atom. The molecular weight excluding hydrogens is 460 g/mol. The largest absolute Gasteiger partial charge is 0.466 e. The van der Waals surface area contributed by atoms with Crippen LogP contribution in [0, 0.1) is 17.8 Å². The molecule has 1 aromatic carbocycles. The summed E-state index contributed by atoms with van der Waals surface area (Å²) in [5, 5.41) is 13.5. The minimum absolute atomic E-state index is 0.0482. The van der Waals surface area contributed by atoms with Crippen LogP contribution in [0.15, 0.2) is 30.3 Å². The molecule has 8 nitrogen and oxygen atoms in total. The molecule has 0 radical (unpaired) electrons. The molecule has 2 amide bonds. The second-order valence-electron chi connectivity index (χ2n) is 10.7. The van der Waals surface area contributed by atoms with E-state index in [1.165, 1.54) is 4.90 Å². The number of carbonyl (C=O) groups excluding carboxylic acids is 3. The molecule has 3 fully saturated rings. The second kappa shape index (κ2) is 10.5. The standard InChI is InChI=1S/C28H40N2O6/c1-5-7-11-14-29-24(32)23-28-16-18(3)27(4,36-28)22(26(34)35-6-2)21(28)25(33)30(23)20(17-31)15-19-12-9-8-10-13-19/h8-10,12-13,18,20-23,31H,5-7,11,14-17H2,1-4H3,(H,29,32)/t18?,20-,21+,22+,23?,27-,28?/m1/s1. The van der Waals surface area contributed by atoms with Gasteiger partial charge in [-0.15, -0.1) is 0 Å². The quantitative estimate of drug-likeness (QED) is 0.357. The minimum atomic E-state index is -1.14. The highest BCUT2D eigenvalue weighted by Gasteiger charge is 2.80. The number of amides is 2. The van der Waals surface area contributed by atoms with Crippen LogP contribution in [0.4, 0.5) is 0 Å². The Labute approximate surface area is 213 Å². The minimum Gasteiger partial charge on any atom is -0.466 e. The Bertz CT molecular complexity index is 970. The van der Waals surface area contributed by atoms with Crippen molar-refractivity contribution in [3.05, 3.63) is 35.9 Å². The summed E-state index contributed by atoms with van der Waals surface area (Å²) in [6.45, 7) is 8.11. The predicted molar refractivity (Wildman–Crippen MR) is 134 cm³/mol. The zero-order valence-corrected chi connectivity index (χ0v) is 21.9. The molecule has 0 saturated carbocycles. The monoisotopic (exact) mass is 500 g/mol. The van der Waals surface area contributed by atoms with Crippen LogP contribution in [0.3, 0.4) is 0 Å². The fraction of sp³-hybridized carbons (Fsp3) is 0.679. The van der Waals surface area contributed by atoms with Gasteiger partial charge in [-0.2, -0.15) is 0 Å². The van der Waals surface area contributed by atoms with Crippen LogP contribution in [0.25, 0.3) is 0 Å². The number of hydrogen-bond acceptors (Lipinski definition) is 6. The molecule has 1 spiro atoms. The highest BCUT2D eigenvalue weighted by Crippen LogP contribution is 2.65. The zero-order chi connectivity index (χ0) is 26.1. The van der Waals surface area contributed by atoms with Crippen molar-refractivity contribution < 1.29 is 29.0 Å². The molecule has 36 heavy (non-hydrogen) atoms. The lowest BCUT2D eigenvalue weighted by atomic mass is 9.62. The van der Waals surface area contributed by atoms with Crippen molar-refractivity contribution in [1.29, 1.82) is 0 Å². The highest BCUT2D eigenvalue weighted by molar-refractivity contribution is 5.98. The highest BCUT2D eigenvalue weighted by atomic mass is 16.6. The molecule has 2 N–H and O–H groups in total. The van der Waals surface area contributed by atoms with E-state index >= 15 is 0 Å². The number of hydrogen-bond donors (Lipinski definition) is 2. The van der Waals surface area contributed by atoms with Crippen molar-refractivity contribution in [2.45, 2.75) is 83.1 Å². The summed E-state index contributed by atoms with van der Waals surface area (Å²) in [5.41, 5.74) is -1.08. The third-order valence-corrected chi connectivity index (χ3v) is 8.54. The van der Waals surface area contributed by atoms with E-state index in [4.69, 9.17) is 9.47 Å². The number of likely N-dealkylation sites (tertiary alicyclic amines) is 1. The van der Waals surface area contributed by atoms with E-state index in [0.29, 0.717) is 19.4 Å². The number of rotatable bonds is 11. The molecule has 7 atom stereocenters. The van der Waals surface area contributed by atoms with Gasteiger partial charge in [0.2, 0.25) is 11.8 Å². The van der Waals surface area contributed by atoms with Crippen molar-refractivity contribution in [2.75, 3.05) is 19.8 Å². The number of fused-ring (bicyclic) bond motifs is 1. The molecule has 0 aromatic heterocycles. The van der Waals surface area contributed by atoms with Gasteiger partial charge in [-0.3, -0.25) is 14.4 Å². The second-order valence-corrected chi connectivity index (χ2v) is 10.7. The van der Waals surface area contributed by atoms with Gasteiger partial charge in [-0.1, -0.05) is 57.0 Å². The molecule has 4 rings (SSSR count). The molecule has 3 aliphatic rings. The Hall–Kier alpha value is -2.45. The first kappa shape index (κ1) is 26.6. The van der Waals surface area contributed by atoms with Crippen LogP contribution in [0.2, 0.25) is 0 Å². The average Bonchev–Trinajstić information content (AvgIpc) is 3.37. The fourth-order valence-corrected chi connectivity index (χ4v) is 6.78. The van der Waals surface area contributed by atoms with Crippen LogP contribution in [0.5, 0.6) is 0 Å². The first-order chi connectivity index (χ1) is 17.2. The Kier molecular flexibility index (Phi) is 7.76. The molecule has 198 valence electrons. The van der Waals surface area contributed by atoms with Crippen LogP contribution < -0.4 is 5.32 Å². The summed E-state index contributed by atoms with van der Waals surface area (Å²) < 4.78 is 12.1. The van der Waals surface area contributed by atoms with Gasteiger partial charge in [-0.25, -0.2) is 0 Å². The molecular formula is C28H40N2O6. The van der Waals surface area contributed by atoms with Crippen LogP contribution in [-0.4, -0.2) is 70.8 Å². The number of benzene rings is 1. The van der Waals surface area contributed by atoms with Crippen molar-refractivity contribution in [2.24, 2.45) is 17.8 Å². The normalized spacial score (nSPS) is 33.5. The first-order valence-corrected chi connectivity index (χ1v) is 13.4. The van der Waals surface area contributed by atoms with Gasteiger partial charge in [0, 0.05) is 6.54 Å². The van der Waals surface area contributed by atoms with Crippen molar-refractivity contribution in [3.8, 4) is 0 Å². The summed E-state index contributed by atoms with van der Waals surface area (Å²) >= 11 is 0. The molecule has 2 bridgehead atoms. The van der Waals surface area contributed by atoms with Crippen molar-refractivity contribution in [3.63, 3.8) is 0 Å². The SMILES string of the molecule is CCCCCNC(=O)C1N([C@@H](CO)Cc2ccccc2)C(=O)[C@@H]2[C@@H](C(=O)OCC)[C@]3(C)OC12CC3C. The van der Waals surface area contributed by atoms with Gasteiger partial charge in [0.25, 0.3) is 0 Å². The maximum Gasteiger partial charge on any atom is 0.312 e. The molecule has 3 heterocycles. The van der Waals surface area contributed by atoms with Gasteiger partial charge in [0.15, 0.2) is 0 Å². The lowest BCUT2D eigenvalue weighted by Gasteiger charge is -2.37. The number of unbranched alkanes of at least 4 members (excludes halogenated alkanes) is 2. The summed E-state index contributed by atoms with van der Waals surface area (Å²) in [6, 6.07) is 8.05. The maximum atomic E-state index is 14.2. The number of aliphatic hydroxyl groups excluding tert-OH is 1. The fourth-order valence-electron chi connectivity index (χ4n) is 6.78. The van der Waals surface area contributed by atoms with Crippen molar-refractivity contribution >= 4 is 17.8 Å². The smallest absolute Gasteiger partial charge is 0.312 e. The van der Waals surface area contributed by atoms with Crippen LogP contribution in [-0.2, 0) is 30.3 Å². The van der Waals surface area contributed by atoms with E-state index < -0.39 is 41.1 Å². The summed E-state index contributed by atoms with van der Waals surface area (Å²) in [7, 11) is 0. The number of nitrogens with zero attached hydrogens (tertiary/aromatic N) is 1. The summed E-state index contributed by atoms with van der Waals surface area (Å²) in [5.74, 6) is -2.73. The van der Waals surface area contributed by atoms with E-state index in [1.54, 1.807) is 6.92 Å². The molecule has 3 saturated heterocycles. The third kappa shape index (κ3) is 4.22.